The molecule has 1 aromatic heterocycles. The molecule has 0 aliphatic heterocycles. The van der Waals surface area contributed by atoms with Gasteiger partial charge in [-0.2, -0.15) is 5.10 Å². The van der Waals surface area contributed by atoms with E-state index in [1.807, 2.05) is 17.9 Å². The lowest BCUT2D eigenvalue weighted by atomic mass is 10.1. The molecule has 1 saturated carbocycles. The van der Waals surface area contributed by atoms with E-state index in [2.05, 4.69) is 24.3 Å². The first-order chi connectivity index (χ1) is 6.68. The van der Waals surface area contributed by atoms with Gasteiger partial charge >= 0.3 is 0 Å². The van der Waals surface area contributed by atoms with Crippen LogP contribution in [0.3, 0.4) is 0 Å². The van der Waals surface area contributed by atoms with Crippen molar-refractivity contribution in [1.29, 1.82) is 0 Å². The third-order valence-electron chi connectivity index (χ3n) is 2.73. The third kappa shape index (κ3) is 1.98. The summed E-state index contributed by atoms with van der Waals surface area (Å²) in [7, 11) is 2.05. The van der Waals surface area contributed by atoms with Crippen molar-refractivity contribution in [1.82, 2.24) is 15.1 Å². The molecule has 1 aliphatic rings. The molecule has 78 valence electrons. The van der Waals surface area contributed by atoms with E-state index in [1.165, 1.54) is 24.1 Å². The summed E-state index contributed by atoms with van der Waals surface area (Å²) in [6.07, 6.45) is 4.69. The average Bonchev–Trinajstić information content (AvgIpc) is 2.88. The second-order valence-electron chi connectivity index (χ2n) is 4.49. The fourth-order valence-corrected chi connectivity index (χ4v) is 1.83. The quantitative estimate of drug-likeness (QED) is 0.790. The number of rotatable bonds is 4. The third-order valence-corrected chi connectivity index (χ3v) is 2.73. The molecule has 1 fully saturated rings. The molecule has 3 heteroatoms. The largest absolute Gasteiger partial charge is 0.310 e. The van der Waals surface area contributed by atoms with Crippen LogP contribution in [0.1, 0.15) is 43.9 Å². The van der Waals surface area contributed by atoms with Gasteiger partial charge in [-0.25, -0.2) is 0 Å². The Balaban J connectivity index is 2.08. The standard InChI is InChI=1S/C11H19N3/c1-8(2)12-6-10-7-13-14(3)11(10)9-4-5-9/h7-9,12H,4-6H2,1-3H3. The van der Waals surface area contributed by atoms with Crippen LogP contribution in [0.5, 0.6) is 0 Å². The second-order valence-corrected chi connectivity index (χ2v) is 4.49. The van der Waals surface area contributed by atoms with E-state index in [1.54, 1.807) is 0 Å². The monoisotopic (exact) mass is 193 g/mol. The molecule has 0 radical (unpaired) electrons. The minimum absolute atomic E-state index is 0.544. The van der Waals surface area contributed by atoms with Gasteiger partial charge in [-0.15, -0.1) is 0 Å². The van der Waals surface area contributed by atoms with E-state index in [4.69, 9.17) is 0 Å². The van der Waals surface area contributed by atoms with Crippen molar-refractivity contribution in [3.05, 3.63) is 17.5 Å². The maximum Gasteiger partial charge on any atom is 0.0537 e. The molecule has 0 bridgehead atoms. The van der Waals surface area contributed by atoms with Gasteiger partial charge < -0.3 is 5.32 Å². The number of aryl methyl sites for hydroxylation is 1. The first-order valence-electron chi connectivity index (χ1n) is 5.42. The van der Waals surface area contributed by atoms with E-state index in [9.17, 15) is 0 Å². The fraction of sp³-hybridized carbons (Fsp3) is 0.727. The minimum atomic E-state index is 0.544. The zero-order valence-electron chi connectivity index (χ0n) is 9.25. The number of nitrogens with one attached hydrogen (secondary N) is 1. The molecule has 0 spiro atoms. The summed E-state index contributed by atoms with van der Waals surface area (Å²) >= 11 is 0. The maximum atomic E-state index is 4.33. The molecule has 1 aliphatic carbocycles. The Morgan fingerprint density at radius 1 is 1.57 bits per heavy atom. The fourth-order valence-electron chi connectivity index (χ4n) is 1.83. The summed E-state index contributed by atoms with van der Waals surface area (Å²) in [6.45, 7) is 5.30. The van der Waals surface area contributed by atoms with Gasteiger partial charge in [0.05, 0.1) is 6.20 Å². The number of aromatic nitrogens is 2. The predicted octanol–water partition coefficient (Wildman–Crippen LogP) is 1.80. The van der Waals surface area contributed by atoms with E-state index >= 15 is 0 Å². The lowest BCUT2D eigenvalue weighted by Crippen LogP contribution is -2.22. The molecule has 0 unspecified atom stereocenters. The lowest BCUT2D eigenvalue weighted by Gasteiger charge is -2.08. The maximum absolute atomic E-state index is 4.33. The first-order valence-corrected chi connectivity index (χ1v) is 5.42. The highest BCUT2D eigenvalue weighted by molar-refractivity contribution is 5.25. The highest BCUT2D eigenvalue weighted by Gasteiger charge is 2.28. The Morgan fingerprint density at radius 2 is 2.29 bits per heavy atom. The van der Waals surface area contributed by atoms with Gasteiger partial charge in [0.1, 0.15) is 0 Å². The van der Waals surface area contributed by atoms with Crippen molar-refractivity contribution >= 4 is 0 Å². The molecular weight excluding hydrogens is 174 g/mol. The van der Waals surface area contributed by atoms with Crippen molar-refractivity contribution in [3.8, 4) is 0 Å². The highest BCUT2D eigenvalue weighted by Crippen LogP contribution is 2.41. The Bertz CT molecular complexity index is 310. The van der Waals surface area contributed by atoms with Crippen molar-refractivity contribution in [2.24, 2.45) is 7.05 Å². The number of nitrogens with zero attached hydrogens (tertiary/aromatic N) is 2. The molecule has 2 rings (SSSR count). The van der Waals surface area contributed by atoms with Crippen LogP contribution in [0.2, 0.25) is 0 Å². The van der Waals surface area contributed by atoms with Crippen LogP contribution < -0.4 is 5.32 Å². The molecule has 3 nitrogen and oxygen atoms in total. The van der Waals surface area contributed by atoms with Crippen LogP contribution in [0.4, 0.5) is 0 Å². The highest BCUT2D eigenvalue weighted by atomic mass is 15.3. The van der Waals surface area contributed by atoms with Crippen LogP contribution in [0.25, 0.3) is 0 Å². The average molecular weight is 193 g/mol. The molecule has 1 heterocycles. The smallest absolute Gasteiger partial charge is 0.0537 e. The van der Waals surface area contributed by atoms with E-state index in [-0.39, 0.29) is 0 Å². The Kier molecular flexibility index (Phi) is 2.59. The van der Waals surface area contributed by atoms with Crippen molar-refractivity contribution in [2.75, 3.05) is 0 Å². The molecule has 1 aromatic rings. The molecule has 1 N–H and O–H groups in total. The summed E-state index contributed by atoms with van der Waals surface area (Å²) in [4.78, 5) is 0. The predicted molar refractivity (Wildman–Crippen MR) is 57.2 cm³/mol. The zero-order valence-corrected chi connectivity index (χ0v) is 9.25. The van der Waals surface area contributed by atoms with E-state index < -0.39 is 0 Å². The summed E-state index contributed by atoms with van der Waals surface area (Å²) in [5, 5.41) is 7.78. The number of hydrogen-bond donors (Lipinski definition) is 1. The summed E-state index contributed by atoms with van der Waals surface area (Å²) in [5.41, 5.74) is 2.82. The molecule has 0 saturated heterocycles. The molecule has 0 amide bonds. The summed E-state index contributed by atoms with van der Waals surface area (Å²) in [6, 6.07) is 0.544. The van der Waals surface area contributed by atoms with E-state index in [0.717, 1.165) is 12.5 Å². The Labute approximate surface area is 85.5 Å². The van der Waals surface area contributed by atoms with Gasteiger partial charge in [0.2, 0.25) is 0 Å². The normalized spacial score (nSPS) is 16.6. The van der Waals surface area contributed by atoms with Crippen LogP contribution >= 0.6 is 0 Å². The van der Waals surface area contributed by atoms with Gasteiger partial charge in [0, 0.05) is 36.8 Å². The molecule has 0 aromatic carbocycles. The van der Waals surface area contributed by atoms with Crippen LogP contribution in [0, 0.1) is 0 Å². The topological polar surface area (TPSA) is 29.9 Å². The Hall–Kier alpha value is -0.830. The SMILES string of the molecule is CC(C)NCc1cnn(C)c1C1CC1. The minimum Gasteiger partial charge on any atom is -0.310 e. The number of hydrogen-bond acceptors (Lipinski definition) is 2. The van der Waals surface area contributed by atoms with Gasteiger partial charge in [0.25, 0.3) is 0 Å². The molecular formula is C11H19N3. The van der Waals surface area contributed by atoms with Crippen LogP contribution in [-0.2, 0) is 13.6 Å². The van der Waals surface area contributed by atoms with Gasteiger partial charge in [0.15, 0.2) is 0 Å². The van der Waals surface area contributed by atoms with Crippen LogP contribution in [-0.4, -0.2) is 15.8 Å². The van der Waals surface area contributed by atoms with Gasteiger partial charge in [-0.3, -0.25) is 4.68 Å². The summed E-state index contributed by atoms with van der Waals surface area (Å²) < 4.78 is 2.04. The van der Waals surface area contributed by atoms with Crippen molar-refractivity contribution in [2.45, 2.75) is 45.2 Å². The van der Waals surface area contributed by atoms with E-state index in [0.29, 0.717) is 6.04 Å². The van der Waals surface area contributed by atoms with Gasteiger partial charge in [-0.05, 0) is 12.8 Å². The van der Waals surface area contributed by atoms with Gasteiger partial charge in [-0.1, -0.05) is 13.8 Å². The molecule has 14 heavy (non-hydrogen) atoms. The first kappa shape index (κ1) is 9.71. The molecule has 0 atom stereocenters. The van der Waals surface area contributed by atoms with Crippen molar-refractivity contribution < 1.29 is 0 Å². The van der Waals surface area contributed by atoms with Crippen molar-refractivity contribution in [3.63, 3.8) is 0 Å². The van der Waals surface area contributed by atoms with Crippen LogP contribution in [0.15, 0.2) is 6.20 Å². The lowest BCUT2D eigenvalue weighted by molar-refractivity contribution is 0.584. The zero-order chi connectivity index (χ0) is 10.1. The second kappa shape index (κ2) is 3.73. The Morgan fingerprint density at radius 3 is 2.86 bits per heavy atom. The summed E-state index contributed by atoms with van der Waals surface area (Å²) in [5.74, 6) is 0.784.